The van der Waals surface area contributed by atoms with Crippen molar-refractivity contribution in [1.29, 1.82) is 0 Å². The molecule has 0 spiro atoms. The molecular weight excluding hydrogens is 310 g/mol. The number of aromatic amines is 1. The quantitative estimate of drug-likeness (QED) is 0.928. The summed E-state index contributed by atoms with van der Waals surface area (Å²) in [7, 11) is 1.62. The number of furan rings is 1. The molecule has 1 amide bonds. The van der Waals surface area contributed by atoms with Crippen LogP contribution in [0.5, 0.6) is 0 Å². The number of carbonyl (C=O) groups excluding carboxylic acids is 2. The van der Waals surface area contributed by atoms with Crippen LogP contribution in [0.2, 0.25) is 0 Å². The summed E-state index contributed by atoms with van der Waals surface area (Å²) in [6, 6.07) is 0. The fraction of sp³-hybridized carbons (Fsp3) is 0.471. The van der Waals surface area contributed by atoms with E-state index in [9.17, 15) is 9.59 Å². The van der Waals surface area contributed by atoms with Gasteiger partial charge in [-0.25, -0.2) is 0 Å². The molecule has 24 heavy (non-hydrogen) atoms. The van der Waals surface area contributed by atoms with E-state index in [1.807, 2.05) is 0 Å². The zero-order chi connectivity index (χ0) is 16.7. The molecule has 2 aromatic rings. The maximum atomic E-state index is 12.9. The summed E-state index contributed by atoms with van der Waals surface area (Å²) >= 11 is 0. The number of fused-ring (bicyclic) bond motifs is 2. The number of nitrogens with zero attached hydrogens (tertiary/aromatic N) is 2. The van der Waals surface area contributed by atoms with Crippen LogP contribution in [-0.4, -0.2) is 40.4 Å². The zero-order valence-corrected chi connectivity index (χ0v) is 13.6. The molecule has 0 unspecified atom stereocenters. The molecule has 1 aliphatic carbocycles. The first kappa shape index (κ1) is 15.1. The highest BCUT2D eigenvalue weighted by atomic mass is 16.5. The first-order valence-electron chi connectivity index (χ1n) is 8.15. The third kappa shape index (κ3) is 2.36. The average Bonchev–Trinajstić information content (AvgIpc) is 3.19. The SMILES string of the molecule is COCc1n[nH]c2c1CN(C(=O)c1coc3c1C(=O)CCC3)CC2. The smallest absolute Gasteiger partial charge is 0.258 e. The number of hydrogen-bond acceptors (Lipinski definition) is 5. The fourth-order valence-corrected chi connectivity index (χ4v) is 3.53. The molecule has 4 rings (SSSR count). The predicted molar refractivity (Wildman–Crippen MR) is 83.7 cm³/mol. The minimum absolute atomic E-state index is 0.00873. The first-order chi connectivity index (χ1) is 11.7. The third-order valence-electron chi connectivity index (χ3n) is 4.77. The molecule has 0 saturated heterocycles. The van der Waals surface area contributed by atoms with Crippen molar-refractivity contribution in [3.05, 3.63) is 40.1 Å². The molecule has 1 aliphatic heterocycles. The Balaban J connectivity index is 1.61. The number of amides is 1. The number of aryl methyl sites for hydroxylation is 1. The number of ketones is 1. The van der Waals surface area contributed by atoms with Gasteiger partial charge in [0, 0.05) is 50.7 Å². The van der Waals surface area contributed by atoms with Gasteiger partial charge in [-0.3, -0.25) is 14.7 Å². The summed E-state index contributed by atoms with van der Waals surface area (Å²) in [6.07, 6.45) is 4.15. The lowest BCUT2D eigenvalue weighted by atomic mass is 9.93. The van der Waals surface area contributed by atoms with E-state index in [1.165, 1.54) is 6.26 Å². The molecule has 7 nitrogen and oxygen atoms in total. The molecule has 0 fully saturated rings. The van der Waals surface area contributed by atoms with Gasteiger partial charge in [-0.1, -0.05) is 0 Å². The van der Waals surface area contributed by atoms with Crippen LogP contribution >= 0.6 is 0 Å². The van der Waals surface area contributed by atoms with E-state index in [2.05, 4.69) is 10.2 Å². The molecule has 7 heteroatoms. The van der Waals surface area contributed by atoms with Gasteiger partial charge in [0.25, 0.3) is 5.91 Å². The van der Waals surface area contributed by atoms with Gasteiger partial charge in [-0.05, 0) is 6.42 Å². The topological polar surface area (TPSA) is 88.4 Å². The highest BCUT2D eigenvalue weighted by molar-refractivity contribution is 6.09. The lowest BCUT2D eigenvalue weighted by Crippen LogP contribution is -2.36. The molecule has 0 saturated carbocycles. The zero-order valence-electron chi connectivity index (χ0n) is 13.6. The van der Waals surface area contributed by atoms with Crippen molar-refractivity contribution >= 4 is 11.7 Å². The van der Waals surface area contributed by atoms with Crippen LogP contribution < -0.4 is 0 Å². The minimum Gasteiger partial charge on any atom is -0.468 e. The van der Waals surface area contributed by atoms with E-state index in [0.717, 1.165) is 29.8 Å². The van der Waals surface area contributed by atoms with Crippen LogP contribution in [-0.2, 0) is 30.7 Å². The highest BCUT2D eigenvalue weighted by Crippen LogP contribution is 2.29. The Morgan fingerprint density at radius 3 is 3.12 bits per heavy atom. The van der Waals surface area contributed by atoms with Crippen molar-refractivity contribution < 1.29 is 18.7 Å². The molecule has 2 aliphatic rings. The Hall–Kier alpha value is -2.41. The van der Waals surface area contributed by atoms with Crippen LogP contribution in [0.1, 0.15) is 56.3 Å². The molecule has 0 atom stereocenters. The molecule has 1 N–H and O–H groups in total. The number of aromatic nitrogens is 2. The van der Waals surface area contributed by atoms with Crippen molar-refractivity contribution in [2.75, 3.05) is 13.7 Å². The van der Waals surface area contributed by atoms with E-state index < -0.39 is 0 Å². The van der Waals surface area contributed by atoms with Crippen molar-refractivity contribution in [2.45, 2.75) is 38.8 Å². The summed E-state index contributed by atoms with van der Waals surface area (Å²) in [4.78, 5) is 26.9. The minimum atomic E-state index is -0.148. The summed E-state index contributed by atoms with van der Waals surface area (Å²) < 4.78 is 10.6. The van der Waals surface area contributed by atoms with Crippen molar-refractivity contribution in [2.24, 2.45) is 0 Å². The van der Waals surface area contributed by atoms with Gasteiger partial charge in [-0.15, -0.1) is 0 Å². The largest absolute Gasteiger partial charge is 0.468 e. The standard InChI is InChI=1S/C17H19N3O4/c1-23-9-13-10-7-20(6-5-12(10)18-19-13)17(22)11-8-24-15-4-2-3-14(21)16(11)15/h8H,2-7,9H2,1H3,(H,18,19). The van der Waals surface area contributed by atoms with Gasteiger partial charge in [0.05, 0.1) is 23.4 Å². The van der Waals surface area contributed by atoms with Crippen molar-refractivity contribution in [3.8, 4) is 0 Å². The summed E-state index contributed by atoms with van der Waals surface area (Å²) in [5, 5.41) is 7.29. The van der Waals surface area contributed by atoms with Gasteiger partial charge in [0.1, 0.15) is 12.0 Å². The normalized spacial score (nSPS) is 16.9. The van der Waals surface area contributed by atoms with Crippen LogP contribution in [0.4, 0.5) is 0 Å². The van der Waals surface area contributed by atoms with Gasteiger partial charge in [-0.2, -0.15) is 5.10 Å². The van der Waals surface area contributed by atoms with Gasteiger partial charge < -0.3 is 14.1 Å². The molecule has 0 bridgehead atoms. The van der Waals surface area contributed by atoms with Crippen molar-refractivity contribution in [1.82, 2.24) is 15.1 Å². The van der Waals surface area contributed by atoms with Gasteiger partial charge >= 0.3 is 0 Å². The molecule has 126 valence electrons. The number of rotatable bonds is 3. The van der Waals surface area contributed by atoms with Gasteiger partial charge in [0.15, 0.2) is 5.78 Å². The fourth-order valence-electron chi connectivity index (χ4n) is 3.53. The Morgan fingerprint density at radius 1 is 1.42 bits per heavy atom. The number of carbonyl (C=O) groups is 2. The van der Waals surface area contributed by atoms with E-state index in [1.54, 1.807) is 12.0 Å². The Morgan fingerprint density at radius 2 is 2.29 bits per heavy atom. The predicted octanol–water partition coefficient (Wildman–Crippen LogP) is 1.87. The van der Waals surface area contributed by atoms with Crippen LogP contribution in [0.15, 0.2) is 10.7 Å². The van der Waals surface area contributed by atoms with Crippen LogP contribution in [0.25, 0.3) is 0 Å². The van der Waals surface area contributed by atoms with E-state index in [0.29, 0.717) is 49.4 Å². The lowest BCUT2D eigenvalue weighted by molar-refractivity contribution is 0.0726. The monoisotopic (exact) mass is 329 g/mol. The molecule has 0 aromatic carbocycles. The second kappa shape index (κ2) is 5.90. The Kier molecular flexibility index (Phi) is 3.72. The number of methoxy groups -OCH3 is 1. The van der Waals surface area contributed by atoms with Gasteiger partial charge in [0.2, 0.25) is 0 Å². The number of Topliss-reactive ketones (excluding diaryl/α,β-unsaturated/α-hetero) is 1. The molecule has 2 aromatic heterocycles. The maximum absolute atomic E-state index is 12.9. The summed E-state index contributed by atoms with van der Waals surface area (Å²) in [5.74, 6) is 0.510. The lowest BCUT2D eigenvalue weighted by Gasteiger charge is -2.27. The van der Waals surface area contributed by atoms with E-state index in [-0.39, 0.29) is 11.7 Å². The third-order valence-corrected chi connectivity index (χ3v) is 4.77. The second-order valence-corrected chi connectivity index (χ2v) is 6.26. The number of hydrogen-bond donors (Lipinski definition) is 1. The highest BCUT2D eigenvalue weighted by Gasteiger charge is 2.32. The average molecular weight is 329 g/mol. The number of H-pyrrole nitrogens is 1. The summed E-state index contributed by atoms with van der Waals surface area (Å²) in [6.45, 7) is 1.47. The number of ether oxygens (including phenoxy) is 1. The molecule has 0 radical (unpaired) electrons. The van der Waals surface area contributed by atoms with Crippen LogP contribution in [0, 0.1) is 0 Å². The van der Waals surface area contributed by atoms with Crippen LogP contribution in [0.3, 0.4) is 0 Å². The maximum Gasteiger partial charge on any atom is 0.258 e. The summed E-state index contributed by atoms with van der Waals surface area (Å²) in [5.41, 5.74) is 3.78. The number of nitrogens with one attached hydrogen (secondary N) is 1. The Labute approximate surface area is 139 Å². The van der Waals surface area contributed by atoms with E-state index in [4.69, 9.17) is 9.15 Å². The molecule has 3 heterocycles. The molecular formula is C17H19N3O4. The first-order valence-corrected chi connectivity index (χ1v) is 8.15. The van der Waals surface area contributed by atoms with E-state index >= 15 is 0 Å². The second-order valence-electron chi connectivity index (χ2n) is 6.26. The Bertz CT molecular complexity index is 805. The van der Waals surface area contributed by atoms with Crippen molar-refractivity contribution in [3.63, 3.8) is 0 Å².